The Hall–Kier alpha value is -1.43. The first-order chi connectivity index (χ1) is 7.75. The van der Waals surface area contributed by atoms with Crippen LogP contribution in [0.1, 0.15) is 6.92 Å². The van der Waals surface area contributed by atoms with Gasteiger partial charge in [0.15, 0.2) is 0 Å². The lowest BCUT2D eigenvalue weighted by Gasteiger charge is -2.33. The summed E-state index contributed by atoms with van der Waals surface area (Å²) in [6.45, 7) is 6.95. The predicted octanol–water partition coefficient (Wildman–Crippen LogP) is -0.558. The highest BCUT2D eigenvalue weighted by Crippen LogP contribution is 2.01. The second-order valence-corrected chi connectivity index (χ2v) is 3.97. The number of carbonyl (C=O) groups is 1. The molecule has 1 saturated heterocycles. The minimum atomic E-state index is 0.174. The van der Waals surface area contributed by atoms with Gasteiger partial charge in [-0.3, -0.25) is 9.69 Å². The van der Waals surface area contributed by atoms with E-state index in [4.69, 9.17) is 0 Å². The highest BCUT2D eigenvalue weighted by Gasteiger charge is 2.17. The molecule has 0 bridgehead atoms. The summed E-state index contributed by atoms with van der Waals surface area (Å²) >= 11 is 0. The third-order valence-corrected chi connectivity index (χ3v) is 2.90. The molecule has 0 radical (unpaired) electrons. The van der Waals surface area contributed by atoms with Crippen molar-refractivity contribution in [2.24, 2.45) is 0 Å². The number of rotatable bonds is 3. The first-order valence-corrected chi connectivity index (χ1v) is 5.57. The summed E-state index contributed by atoms with van der Waals surface area (Å²) in [6.07, 6.45) is 3.38. The molecule has 0 spiro atoms. The number of amides is 1. The van der Waals surface area contributed by atoms with Crippen molar-refractivity contribution in [2.45, 2.75) is 13.5 Å². The van der Waals surface area contributed by atoms with Gasteiger partial charge in [-0.2, -0.15) is 15.0 Å². The summed E-state index contributed by atoms with van der Waals surface area (Å²) in [5, 5.41) is 8.12. The van der Waals surface area contributed by atoms with Crippen LogP contribution in [0.2, 0.25) is 0 Å². The molecule has 88 valence electrons. The molecule has 1 aromatic heterocycles. The molecule has 0 aromatic carbocycles. The topological polar surface area (TPSA) is 54.3 Å². The van der Waals surface area contributed by atoms with Gasteiger partial charge >= 0.3 is 0 Å². The van der Waals surface area contributed by atoms with Crippen molar-refractivity contribution in [1.82, 2.24) is 24.8 Å². The molecule has 1 aliphatic heterocycles. The van der Waals surface area contributed by atoms with Crippen molar-refractivity contribution in [2.75, 3.05) is 32.7 Å². The van der Waals surface area contributed by atoms with Crippen molar-refractivity contribution in [1.29, 1.82) is 0 Å². The van der Waals surface area contributed by atoms with E-state index in [9.17, 15) is 4.79 Å². The van der Waals surface area contributed by atoms with Crippen molar-refractivity contribution < 1.29 is 4.79 Å². The molecule has 1 aromatic rings. The molecule has 0 saturated carbocycles. The predicted molar refractivity (Wildman–Crippen MR) is 58.7 cm³/mol. The smallest absolute Gasteiger partial charge is 0.219 e. The molecule has 1 amide bonds. The Morgan fingerprint density at radius 1 is 1.12 bits per heavy atom. The number of piperazine rings is 1. The quantitative estimate of drug-likeness (QED) is 0.689. The van der Waals surface area contributed by atoms with E-state index in [0.717, 1.165) is 39.3 Å². The molecular formula is C10H17N5O. The highest BCUT2D eigenvalue weighted by molar-refractivity contribution is 5.73. The fourth-order valence-electron chi connectivity index (χ4n) is 1.88. The molecular weight excluding hydrogens is 206 g/mol. The minimum absolute atomic E-state index is 0.174. The fourth-order valence-corrected chi connectivity index (χ4v) is 1.88. The molecule has 0 atom stereocenters. The van der Waals surface area contributed by atoms with E-state index >= 15 is 0 Å². The number of hydrogen-bond acceptors (Lipinski definition) is 4. The SMILES string of the molecule is CC(=O)N1CCN(CCn2nccn2)CC1. The molecule has 0 N–H and O–H groups in total. The Morgan fingerprint density at radius 2 is 1.75 bits per heavy atom. The number of hydrogen-bond donors (Lipinski definition) is 0. The van der Waals surface area contributed by atoms with Gasteiger partial charge in [-0.15, -0.1) is 0 Å². The monoisotopic (exact) mass is 223 g/mol. The number of aromatic nitrogens is 3. The summed E-state index contributed by atoms with van der Waals surface area (Å²) in [6, 6.07) is 0. The molecule has 6 heteroatoms. The van der Waals surface area contributed by atoms with Crippen molar-refractivity contribution >= 4 is 5.91 Å². The van der Waals surface area contributed by atoms with Gasteiger partial charge < -0.3 is 4.90 Å². The Labute approximate surface area is 94.8 Å². The average Bonchev–Trinajstić information content (AvgIpc) is 2.80. The van der Waals surface area contributed by atoms with Crippen LogP contribution in [-0.2, 0) is 11.3 Å². The summed E-state index contributed by atoms with van der Waals surface area (Å²) < 4.78 is 0. The average molecular weight is 223 g/mol. The molecule has 1 fully saturated rings. The maximum atomic E-state index is 11.1. The molecule has 16 heavy (non-hydrogen) atoms. The van der Waals surface area contributed by atoms with Gasteiger partial charge in [0, 0.05) is 39.6 Å². The standard InChI is InChI=1S/C10H17N5O/c1-10(16)14-7-4-13(5-8-14)6-9-15-11-2-3-12-15/h2-3H,4-9H2,1H3. The number of carbonyl (C=O) groups excluding carboxylic acids is 1. The minimum Gasteiger partial charge on any atom is -0.340 e. The van der Waals surface area contributed by atoms with E-state index in [-0.39, 0.29) is 5.91 Å². The first-order valence-electron chi connectivity index (χ1n) is 5.57. The van der Waals surface area contributed by atoms with Crippen molar-refractivity contribution in [3.05, 3.63) is 12.4 Å². The van der Waals surface area contributed by atoms with E-state index in [1.807, 2.05) is 4.90 Å². The largest absolute Gasteiger partial charge is 0.340 e. The van der Waals surface area contributed by atoms with Gasteiger partial charge in [-0.25, -0.2) is 0 Å². The zero-order valence-corrected chi connectivity index (χ0v) is 9.54. The van der Waals surface area contributed by atoms with Crippen LogP contribution in [0.4, 0.5) is 0 Å². The Kier molecular flexibility index (Phi) is 3.51. The van der Waals surface area contributed by atoms with Gasteiger partial charge in [-0.05, 0) is 0 Å². The van der Waals surface area contributed by atoms with Gasteiger partial charge in [0.1, 0.15) is 0 Å². The van der Waals surface area contributed by atoms with Crippen molar-refractivity contribution in [3.8, 4) is 0 Å². The van der Waals surface area contributed by atoms with Gasteiger partial charge in [0.05, 0.1) is 18.9 Å². The molecule has 2 rings (SSSR count). The van der Waals surface area contributed by atoms with Crippen LogP contribution in [0.15, 0.2) is 12.4 Å². The Balaban J connectivity index is 1.71. The lowest BCUT2D eigenvalue weighted by atomic mass is 10.3. The summed E-state index contributed by atoms with van der Waals surface area (Å²) in [7, 11) is 0. The van der Waals surface area contributed by atoms with Crippen LogP contribution in [-0.4, -0.2) is 63.4 Å². The lowest BCUT2D eigenvalue weighted by Crippen LogP contribution is -2.48. The Morgan fingerprint density at radius 3 is 2.31 bits per heavy atom. The molecule has 0 unspecified atom stereocenters. The number of nitrogens with zero attached hydrogens (tertiary/aromatic N) is 5. The zero-order valence-electron chi connectivity index (χ0n) is 9.54. The maximum Gasteiger partial charge on any atom is 0.219 e. The van der Waals surface area contributed by atoms with Gasteiger partial charge in [-0.1, -0.05) is 0 Å². The van der Waals surface area contributed by atoms with Crippen LogP contribution >= 0.6 is 0 Å². The van der Waals surface area contributed by atoms with E-state index in [1.54, 1.807) is 24.1 Å². The molecule has 0 aliphatic carbocycles. The summed E-state index contributed by atoms with van der Waals surface area (Å²) in [4.78, 5) is 17.1. The summed E-state index contributed by atoms with van der Waals surface area (Å²) in [5.74, 6) is 0.174. The van der Waals surface area contributed by atoms with Gasteiger partial charge in [0.2, 0.25) is 5.91 Å². The van der Waals surface area contributed by atoms with Crippen LogP contribution < -0.4 is 0 Å². The van der Waals surface area contributed by atoms with E-state index in [0.29, 0.717) is 0 Å². The van der Waals surface area contributed by atoms with E-state index in [1.165, 1.54) is 0 Å². The fraction of sp³-hybridized carbons (Fsp3) is 0.700. The Bertz CT molecular complexity index is 329. The second-order valence-electron chi connectivity index (χ2n) is 3.97. The van der Waals surface area contributed by atoms with Gasteiger partial charge in [0.25, 0.3) is 0 Å². The zero-order chi connectivity index (χ0) is 11.4. The lowest BCUT2D eigenvalue weighted by molar-refractivity contribution is -0.130. The molecule has 6 nitrogen and oxygen atoms in total. The van der Waals surface area contributed by atoms with Crippen LogP contribution in [0.25, 0.3) is 0 Å². The first kappa shape index (κ1) is 11.1. The highest BCUT2D eigenvalue weighted by atomic mass is 16.2. The van der Waals surface area contributed by atoms with Crippen molar-refractivity contribution in [3.63, 3.8) is 0 Å². The van der Waals surface area contributed by atoms with Crippen LogP contribution in [0, 0.1) is 0 Å². The third-order valence-electron chi connectivity index (χ3n) is 2.90. The molecule has 2 heterocycles. The van der Waals surface area contributed by atoms with E-state index in [2.05, 4.69) is 15.1 Å². The second kappa shape index (κ2) is 5.07. The summed E-state index contributed by atoms with van der Waals surface area (Å²) in [5.41, 5.74) is 0. The molecule has 1 aliphatic rings. The van der Waals surface area contributed by atoms with Crippen LogP contribution in [0.5, 0.6) is 0 Å². The maximum absolute atomic E-state index is 11.1. The van der Waals surface area contributed by atoms with Crippen LogP contribution in [0.3, 0.4) is 0 Å². The third kappa shape index (κ3) is 2.79. The van der Waals surface area contributed by atoms with E-state index < -0.39 is 0 Å². The normalized spacial score (nSPS) is 17.7.